The highest BCUT2D eigenvalue weighted by Crippen LogP contribution is 2.33. The van der Waals surface area contributed by atoms with Crippen LogP contribution in [0.4, 0.5) is 0 Å². The third-order valence-electron chi connectivity index (χ3n) is 5.95. The maximum atomic E-state index is 12.0. The Morgan fingerprint density at radius 3 is 2.92 bits per heavy atom. The first-order valence-corrected chi connectivity index (χ1v) is 9.91. The molecule has 132 valence electrons. The number of piperidine rings is 1. The summed E-state index contributed by atoms with van der Waals surface area (Å²) in [6.45, 7) is 8.40. The minimum Gasteiger partial charge on any atom is -0.379 e. The van der Waals surface area contributed by atoms with Crippen molar-refractivity contribution in [1.82, 2.24) is 15.1 Å². The van der Waals surface area contributed by atoms with Gasteiger partial charge in [0.25, 0.3) is 0 Å². The monoisotopic (exact) mass is 349 g/mol. The zero-order chi connectivity index (χ0) is 16.6. The minimum absolute atomic E-state index is 0.0467. The van der Waals surface area contributed by atoms with Gasteiger partial charge in [0.2, 0.25) is 5.91 Å². The number of rotatable bonds is 3. The predicted molar refractivity (Wildman–Crippen MR) is 95.2 cm³/mol. The molecular weight excluding hydrogens is 322 g/mol. The van der Waals surface area contributed by atoms with E-state index >= 15 is 0 Å². The summed E-state index contributed by atoms with van der Waals surface area (Å²) in [6, 6.07) is 2.72. The second-order valence-electron chi connectivity index (χ2n) is 7.47. The molecule has 1 atom stereocenters. The zero-order valence-corrected chi connectivity index (χ0v) is 15.2. The first kappa shape index (κ1) is 16.5. The van der Waals surface area contributed by atoms with Crippen molar-refractivity contribution >= 4 is 17.2 Å². The summed E-state index contributed by atoms with van der Waals surface area (Å²) < 4.78 is 5.70. The summed E-state index contributed by atoms with van der Waals surface area (Å²) in [5.41, 5.74) is 1.46. The molecule has 4 heterocycles. The highest BCUT2D eigenvalue weighted by molar-refractivity contribution is 7.10. The molecule has 4 rings (SSSR count). The lowest BCUT2D eigenvalue weighted by Crippen LogP contribution is -2.67. The van der Waals surface area contributed by atoms with Crippen LogP contribution in [-0.4, -0.2) is 66.7 Å². The Hall–Kier alpha value is -0.950. The predicted octanol–water partition coefficient (Wildman–Crippen LogP) is 1.61. The lowest BCUT2D eigenvalue weighted by molar-refractivity contribution is -0.131. The Balaban J connectivity index is 1.39. The molecule has 0 aromatic carbocycles. The normalized spacial score (nSPS) is 30.1. The summed E-state index contributed by atoms with van der Waals surface area (Å²) >= 11 is 1.87. The van der Waals surface area contributed by atoms with Crippen molar-refractivity contribution in [2.45, 2.75) is 44.3 Å². The molecule has 0 saturated carbocycles. The number of hydrogen-bond acceptors (Lipinski definition) is 5. The number of hydrogen-bond donors (Lipinski definition) is 1. The van der Waals surface area contributed by atoms with Crippen LogP contribution in [-0.2, 0) is 16.1 Å². The van der Waals surface area contributed by atoms with Gasteiger partial charge in [-0.1, -0.05) is 0 Å². The lowest BCUT2D eigenvalue weighted by atomic mass is 9.89. The van der Waals surface area contributed by atoms with Crippen molar-refractivity contribution in [3.63, 3.8) is 0 Å². The summed E-state index contributed by atoms with van der Waals surface area (Å²) in [4.78, 5) is 18.5. The molecule has 1 aromatic rings. The van der Waals surface area contributed by atoms with Gasteiger partial charge in [-0.3, -0.25) is 14.6 Å². The first-order valence-electron chi connectivity index (χ1n) is 9.03. The van der Waals surface area contributed by atoms with Crippen LogP contribution >= 0.6 is 11.3 Å². The molecule has 0 bridgehead atoms. The molecule has 3 aliphatic rings. The largest absolute Gasteiger partial charge is 0.379 e. The van der Waals surface area contributed by atoms with E-state index < -0.39 is 0 Å². The van der Waals surface area contributed by atoms with Crippen LogP contribution in [0, 0.1) is 6.92 Å². The van der Waals surface area contributed by atoms with Crippen LogP contribution in [0.5, 0.6) is 0 Å². The molecule has 24 heavy (non-hydrogen) atoms. The highest BCUT2D eigenvalue weighted by atomic mass is 32.1. The Kier molecular flexibility index (Phi) is 4.64. The Bertz CT molecular complexity index is 589. The van der Waals surface area contributed by atoms with Gasteiger partial charge in [0, 0.05) is 43.7 Å². The van der Waals surface area contributed by atoms with Gasteiger partial charge in [-0.05, 0) is 43.2 Å². The number of thiophene rings is 1. The van der Waals surface area contributed by atoms with Crippen LogP contribution in [0.3, 0.4) is 0 Å². The molecular formula is C18H27N3O2S. The smallest absolute Gasteiger partial charge is 0.234 e. The summed E-state index contributed by atoms with van der Waals surface area (Å²) in [6.07, 6.45) is 3.35. The van der Waals surface area contributed by atoms with E-state index in [0.29, 0.717) is 12.6 Å². The number of carbonyl (C=O) groups is 1. The van der Waals surface area contributed by atoms with Crippen molar-refractivity contribution in [1.29, 1.82) is 0 Å². The molecule has 1 aromatic heterocycles. The van der Waals surface area contributed by atoms with Gasteiger partial charge in [-0.15, -0.1) is 11.3 Å². The summed E-state index contributed by atoms with van der Waals surface area (Å²) in [7, 11) is 0. The molecule has 1 N–H and O–H groups in total. The molecule has 3 fully saturated rings. The first-order chi connectivity index (χ1) is 11.7. The second kappa shape index (κ2) is 6.75. The van der Waals surface area contributed by atoms with E-state index in [1.165, 1.54) is 10.4 Å². The number of nitrogens with zero attached hydrogens (tertiary/aromatic N) is 2. The summed E-state index contributed by atoms with van der Waals surface area (Å²) in [5, 5.41) is 5.25. The van der Waals surface area contributed by atoms with E-state index in [2.05, 4.69) is 33.5 Å². The van der Waals surface area contributed by atoms with E-state index in [4.69, 9.17) is 4.74 Å². The number of ether oxygens (including phenoxy) is 1. The van der Waals surface area contributed by atoms with E-state index in [0.717, 1.165) is 58.7 Å². The average molecular weight is 350 g/mol. The van der Waals surface area contributed by atoms with Crippen molar-refractivity contribution in [2.75, 3.05) is 39.4 Å². The third-order valence-corrected chi connectivity index (χ3v) is 6.96. The maximum Gasteiger partial charge on any atom is 0.234 e. The SMILES string of the molecule is Cc1ccsc1CN1CCC(N2CC(=O)NCC23CCOC3)CC1. The zero-order valence-electron chi connectivity index (χ0n) is 14.4. The van der Waals surface area contributed by atoms with E-state index in [1.807, 2.05) is 11.3 Å². The number of aryl methyl sites for hydroxylation is 1. The van der Waals surface area contributed by atoms with Crippen molar-refractivity contribution in [3.05, 3.63) is 21.9 Å². The maximum absolute atomic E-state index is 12.0. The topological polar surface area (TPSA) is 44.8 Å². The van der Waals surface area contributed by atoms with Gasteiger partial charge in [0.15, 0.2) is 0 Å². The molecule has 5 nitrogen and oxygen atoms in total. The fourth-order valence-corrected chi connectivity index (χ4v) is 5.33. The van der Waals surface area contributed by atoms with Gasteiger partial charge in [-0.2, -0.15) is 0 Å². The number of carbonyl (C=O) groups excluding carboxylic acids is 1. The average Bonchev–Trinajstić information content (AvgIpc) is 3.21. The quantitative estimate of drug-likeness (QED) is 0.901. The standard InChI is InChI=1S/C18H27N3O2S/c1-14-4-9-24-16(14)10-20-6-2-15(3-7-20)21-11-17(22)19-12-18(21)5-8-23-13-18/h4,9,15H,2-3,5-8,10-13H2,1H3,(H,19,22). The Labute approximate surface area is 148 Å². The minimum atomic E-state index is 0.0467. The van der Waals surface area contributed by atoms with Gasteiger partial charge in [0.05, 0.1) is 18.7 Å². The van der Waals surface area contributed by atoms with Crippen molar-refractivity contribution < 1.29 is 9.53 Å². The number of piperazine rings is 1. The van der Waals surface area contributed by atoms with E-state index in [1.54, 1.807) is 0 Å². The highest BCUT2D eigenvalue weighted by Gasteiger charge is 2.47. The van der Waals surface area contributed by atoms with Gasteiger partial charge >= 0.3 is 0 Å². The van der Waals surface area contributed by atoms with Crippen molar-refractivity contribution in [3.8, 4) is 0 Å². The van der Waals surface area contributed by atoms with Crippen LogP contribution in [0.2, 0.25) is 0 Å². The summed E-state index contributed by atoms with van der Waals surface area (Å²) in [5.74, 6) is 0.171. The van der Waals surface area contributed by atoms with E-state index in [-0.39, 0.29) is 11.4 Å². The third kappa shape index (κ3) is 3.12. The Morgan fingerprint density at radius 1 is 1.42 bits per heavy atom. The molecule has 1 unspecified atom stereocenters. The van der Waals surface area contributed by atoms with Crippen molar-refractivity contribution in [2.24, 2.45) is 0 Å². The lowest BCUT2D eigenvalue weighted by Gasteiger charge is -2.49. The number of amides is 1. The number of likely N-dealkylation sites (tertiary alicyclic amines) is 1. The molecule has 0 aliphatic carbocycles. The van der Waals surface area contributed by atoms with Crippen LogP contribution in [0.1, 0.15) is 29.7 Å². The number of nitrogens with one attached hydrogen (secondary N) is 1. The Morgan fingerprint density at radius 2 is 2.25 bits per heavy atom. The van der Waals surface area contributed by atoms with Crippen LogP contribution in [0.15, 0.2) is 11.4 Å². The molecule has 1 spiro atoms. The molecule has 3 aliphatic heterocycles. The molecule has 0 radical (unpaired) electrons. The second-order valence-corrected chi connectivity index (χ2v) is 8.47. The van der Waals surface area contributed by atoms with E-state index in [9.17, 15) is 4.79 Å². The molecule has 1 amide bonds. The molecule has 6 heteroatoms. The van der Waals surface area contributed by atoms with Crippen LogP contribution < -0.4 is 5.32 Å². The fraction of sp³-hybridized carbons (Fsp3) is 0.722. The van der Waals surface area contributed by atoms with Gasteiger partial charge < -0.3 is 10.1 Å². The fourth-order valence-electron chi connectivity index (χ4n) is 4.38. The molecule has 3 saturated heterocycles. The van der Waals surface area contributed by atoms with Crippen LogP contribution in [0.25, 0.3) is 0 Å². The van der Waals surface area contributed by atoms with Gasteiger partial charge in [0.1, 0.15) is 0 Å². The van der Waals surface area contributed by atoms with Gasteiger partial charge in [-0.25, -0.2) is 0 Å².